The van der Waals surface area contributed by atoms with Crippen molar-refractivity contribution in [3.05, 3.63) is 18.0 Å². The van der Waals surface area contributed by atoms with Crippen LogP contribution in [0.2, 0.25) is 0 Å². The third kappa shape index (κ3) is 1.93. The molecule has 1 saturated heterocycles. The molecule has 0 radical (unpaired) electrons. The van der Waals surface area contributed by atoms with Gasteiger partial charge in [0.2, 0.25) is 5.95 Å². The number of nitrogens with one attached hydrogen (secondary N) is 1. The van der Waals surface area contributed by atoms with Gasteiger partial charge in [-0.1, -0.05) is 0 Å². The number of morpholine rings is 1. The second-order valence-corrected chi connectivity index (χ2v) is 2.92. The summed E-state index contributed by atoms with van der Waals surface area (Å²) < 4.78 is 5.31. The first-order valence-corrected chi connectivity index (χ1v) is 4.26. The van der Waals surface area contributed by atoms with E-state index < -0.39 is 0 Å². The van der Waals surface area contributed by atoms with Crippen LogP contribution in [0.25, 0.3) is 0 Å². The topological polar surface area (TPSA) is 73.1 Å². The van der Waals surface area contributed by atoms with Crippen molar-refractivity contribution >= 4 is 5.95 Å². The molecule has 3 N–H and O–H groups in total. The first-order chi connectivity index (χ1) is 6.36. The summed E-state index contributed by atoms with van der Waals surface area (Å²) in [7, 11) is 0. The van der Waals surface area contributed by atoms with E-state index in [4.69, 9.17) is 10.5 Å². The molecule has 0 amide bonds. The van der Waals surface area contributed by atoms with Crippen LogP contribution in [0.5, 0.6) is 0 Å². The number of nitrogens with two attached hydrogens (primary N) is 1. The van der Waals surface area contributed by atoms with Crippen molar-refractivity contribution < 1.29 is 4.74 Å². The molecule has 0 bridgehead atoms. The molecule has 5 nitrogen and oxygen atoms in total. The highest BCUT2D eigenvalue weighted by Crippen LogP contribution is 2.12. The molecule has 5 heteroatoms. The zero-order chi connectivity index (χ0) is 9.10. The predicted octanol–water partition coefficient (Wildman–Crippen LogP) is -0.280. The monoisotopic (exact) mass is 180 g/mol. The molecule has 1 aromatic heterocycles. The highest BCUT2D eigenvalue weighted by Gasteiger charge is 2.16. The molecular weight excluding hydrogens is 168 g/mol. The van der Waals surface area contributed by atoms with Gasteiger partial charge in [-0.05, 0) is 6.07 Å². The Kier molecular flexibility index (Phi) is 2.37. The van der Waals surface area contributed by atoms with Gasteiger partial charge in [0.25, 0.3) is 0 Å². The smallest absolute Gasteiger partial charge is 0.220 e. The molecule has 13 heavy (non-hydrogen) atoms. The summed E-state index contributed by atoms with van der Waals surface area (Å²) in [5.41, 5.74) is 6.37. The Morgan fingerprint density at radius 2 is 2.54 bits per heavy atom. The van der Waals surface area contributed by atoms with E-state index in [1.165, 1.54) is 0 Å². The fraction of sp³-hybridized carbons (Fsp3) is 0.500. The maximum Gasteiger partial charge on any atom is 0.220 e. The van der Waals surface area contributed by atoms with Crippen LogP contribution in [-0.2, 0) is 4.74 Å². The number of hydrogen-bond acceptors (Lipinski definition) is 5. The zero-order valence-corrected chi connectivity index (χ0v) is 7.23. The fourth-order valence-corrected chi connectivity index (χ4v) is 1.34. The highest BCUT2D eigenvalue weighted by molar-refractivity contribution is 5.19. The first-order valence-electron chi connectivity index (χ1n) is 4.26. The second kappa shape index (κ2) is 3.68. The lowest BCUT2D eigenvalue weighted by molar-refractivity contribution is 0.0756. The average molecular weight is 180 g/mol. The number of ether oxygens (including phenoxy) is 1. The minimum Gasteiger partial charge on any atom is -0.378 e. The van der Waals surface area contributed by atoms with Crippen LogP contribution < -0.4 is 11.1 Å². The van der Waals surface area contributed by atoms with E-state index in [2.05, 4.69) is 15.3 Å². The van der Waals surface area contributed by atoms with Crippen LogP contribution in [0.15, 0.2) is 12.3 Å². The molecule has 2 rings (SSSR count). The average Bonchev–Trinajstić information content (AvgIpc) is 2.19. The molecule has 0 spiro atoms. The minimum absolute atomic E-state index is 0.152. The van der Waals surface area contributed by atoms with Gasteiger partial charge >= 0.3 is 0 Å². The molecule has 1 unspecified atom stereocenters. The summed E-state index contributed by atoms with van der Waals surface area (Å²) in [5, 5.41) is 3.29. The Bertz CT molecular complexity index is 285. The van der Waals surface area contributed by atoms with Gasteiger partial charge in [0.1, 0.15) is 0 Å². The predicted molar refractivity (Wildman–Crippen MR) is 48.0 cm³/mol. The number of rotatable bonds is 1. The third-order valence-electron chi connectivity index (χ3n) is 1.97. The Hall–Kier alpha value is -1.20. The summed E-state index contributed by atoms with van der Waals surface area (Å²) in [6.07, 6.45) is 1.66. The maximum atomic E-state index is 5.47. The third-order valence-corrected chi connectivity index (χ3v) is 1.97. The Balaban J connectivity index is 2.14. The summed E-state index contributed by atoms with van der Waals surface area (Å²) >= 11 is 0. The lowest BCUT2D eigenvalue weighted by Crippen LogP contribution is -2.35. The highest BCUT2D eigenvalue weighted by atomic mass is 16.5. The van der Waals surface area contributed by atoms with Crippen molar-refractivity contribution in [2.24, 2.45) is 0 Å². The molecule has 2 heterocycles. The molecule has 70 valence electrons. The molecule has 0 aliphatic carbocycles. The van der Waals surface area contributed by atoms with Gasteiger partial charge in [-0.15, -0.1) is 0 Å². The van der Waals surface area contributed by atoms with E-state index >= 15 is 0 Å². The van der Waals surface area contributed by atoms with E-state index in [0.717, 1.165) is 18.8 Å². The van der Waals surface area contributed by atoms with E-state index in [1.807, 2.05) is 6.07 Å². The van der Waals surface area contributed by atoms with E-state index in [9.17, 15) is 0 Å². The SMILES string of the molecule is Nc1nccc(C2COCCN2)n1. The molecule has 1 aromatic rings. The van der Waals surface area contributed by atoms with Crippen LogP contribution in [0.4, 0.5) is 5.95 Å². The van der Waals surface area contributed by atoms with Gasteiger partial charge < -0.3 is 15.8 Å². The van der Waals surface area contributed by atoms with E-state index in [-0.39, 0.29) is 6.04 Å². The van der Waals surface area contributed by atoms with Crippen molar-refractivity contribution in [3.8, 4) is 0 Å². The summed E-state index contributed by atoms with van der Waals surface area (Å²) in [4.78, 5) is 7.95. The van der Waals surface area contributed by atoms with Gasteiger partial charge in [-0.2, -0.15) is 0 Å². The Labute approximate surface area is 76.3 Å². The van der Waals surface area contributed by atoms with Gasteiger partial charge in [0.15, 0.2) is 0 Å². The number of anilines is 1. The number of nitrogens with zero attached hydrogens (tertiary/aromatic N) is 2. The molecular formula is C8H12N4O. The normalized spacial score (nSPS) is 22.9. The lowest BCUT2D eigenvalue weighted by Gasteiger charge is -2.23. The van der Waals surface area contributed by atoms with E-state index in [1.54, 1.807) is 6.20 Å². The second-order valence-electron chi connectivity index (χ2n) is 2.92. The first kappa shape index (κ1) is 8.40. The van der Waals surface area contributed by atoms with Gasteiger partial charge in [-0.3, -0.25) is 0 Å². The van der Waals surface area contributed by atoms with Crippen molar-refractivity contribution in [1.29, 1.82) is 0 Å². The molecule has 0 saturated carbocycles. The number of nitrogen functional groups attached to an aromatic ring is 1. The Morgan fingerprint density at radius 1 is 1.62 bits per heavy atom. The zero-order valence-electron chi connectivity index (χ0n) is 7.23. The van der Waals surface area contributed by atoms with Crippen LogP contribution in [0.1, 0.15) is 11.7 Å². The van der Waals surface area contributed by atoms with E-state index in [0.29, 0.717) is 12.6 Å². The molecule has 1 atom stereocenters. The van der Waals surface area contributed by atoms with Crippen molar-refractivity contribution in [3.63, 3.8) is 0 Å². The number of hydrogen-bond donors (Lipinski definition) is 2. The quantitative estimate of drug-likeness (QED) is 0.621. The summed E-state index contributed by atoms with van der Waals surface area (Å²) in [6, 6.07) is 2.00. The van der Waals surface area contributed by atoms with Crippen LogP contribution in [0.3, 0.4) is 0 Å². The molecule has 1 aliphatic rings. The lowest BCUT2D eigenvalue weighted by atomic mass is 10.2. The van der Waals surface area contributed by atoms with Gasteiger partial charge in [0.05, 0.1) is 24.9 Å². The Morgan fingerprint density at radius 3 is 3.23 bits per heavy atom. The van der Waals surface area contributed by atoms with Crippen molar-refractivity contribution in [2.75, 3.05) is 25.5 Å². The standard InChI is InChI=1S/C8H12N4O/c9-8-11-2-1-6(12-8)7-5-13-4-3-10-7/h1-2,7,10H,3-5H2,(H2,9,11,12). The maximum absolute atomic E-state index is 5.47. The molecule has 1 aliphatic heterocycles. The van der Waals surface area contributed by atoms with Crippen molar-refractivity contribution in [2.45, 2.75) is 6.04 Å². The van der Waals surface area contributed by atoms with Crippen LogP contribution >= 0.6 is 0 Å². The fourth-order valence-electron chi connectivity index (χ4n) is 1.34. The summed E-state index contributed by atoms with van der Waals surface area (Å²) in [5.74, 6) is 0.310. The largest absolute Gasteiger partial charge is 0.378 e. The van der Waals surface area contributed by atoms with Crippen molar-refractivity contribution in [1.82, 2.24) is 15.3 Å². The van der Waals surface area contributed by atoms with Gasteiger partial charge in [-0.25, -0.2) is 9.97 Å². The minimum atomic E-state index is 0.152. The molecule has 0 aromatic carbocycles. The number of aromatic nitrogens is 2. The summed E-state index contributed by atoms with van der Waals surface area (Å²) in [6.45, 7) is 2.27. The molecule has 1 fully saturated rings. The van der Waals surface area contributed by atoms with Gasteiger partial charge in [0, 0.05) is 12.7 Å². The van der Waals surface area contributed by atoms with Crippen LogP contribution in [-0.4, -0.2) is 29.7 Å². The van der Waals surface area contributed by atoms with Crippen LogP contribution in [0, 0.1) is 0 Å².